The Kier molecular flexibility index (Phi) is 6.18. The van der Waals surface area contributed by atoms with E-state index >= 15 is 0 Å². The molecule has 0 bridgehead atoms. The Labute approximate surface area is 166 Å². The minimum Gasteiger partial charge on any atom is -0.334 e. The molecule has 0 unspecified atom stereocenters. The summed E-state index contributed by atoms with van der Waals surface area (Å²) in [4.78, 5) is 29.7. The highest BCUT2D eigenvalue weighted by molar-refractivity contribution is 6.00. The Morgan fingerprint density at radius 3 is 2.28 bits per heavy atom. The summed E-state index contributed by atoms with van der Waals surface area (Å²) in [5.74, 6) is -0.263. The van der Waals surface area contributed by atoms with Crippen LogP contribution < -0.4 is 10.6 Å². The summed E-state index contributed by atoms with van der Waals surface area (Å²) >= 11 is 0. The maximum absolute atomic E-state index is 12.9. The Bertz CT molecular complexity index is 974. The number of carbonyl (C=O) groups is 2. The van der Waals surface area contributed by atoms with Gasteiger partial charge in [-0.2, -0.15) is 8.78 Å². The Hall–Kier alpha value is -3.75. The van der Waals surface area contributed by atoms with Crippen LogP contribution in [0.1, 0.15) is 22.7 Å². The molecule has 0 aliphatic carbocycles. The Morgan fingerprint density at radius 2 is 1.66 bits per heavy atom. The van der Waals surface area contributed by atoms with E-state index in [0.717, 1.165) is 0 Å². The number of imidazole rings is 1. The summed E-state index contributed by atoms with van der Waals surface area (Å²) in [7, 11) is 1.51. The fourth-order valence-electron chi connectivity index (χ4n) is 2.66. The zero-order valence-electron chi connectivity index (χ0n) is 15.5. The first kappa shape index (κ1) is 20.0. The molecule has 0 saturated carbocycles. The van der Waals surface area contributed by atoms with E-state index in [0.29, 0.717) is 21.5 Å². The molecule has 0 radical (unpaired) electrons. The van der Waals surface area contributed by atoms with E-state index in [1.54, 1.807) is 48.5 Å². The van der Waals surface area contributed by atoms with Crippen molar-refractivity contribution in [2.45, 2.75) is 13.1 Å². The van der Waals surface area contributed by atoms with Crippen molar-refractivity contribution in [2.24, 2.45) is 0 Å². The molecule has 0 fully saturated rings. The monoisotopic (exact) mass is 399 g/mol. The van der Waals surface area contributed by atoms with Gasteiger partial charge in [0.1, 0.15) is 5.82 Å². The molecular weight excluding hydrogens is 380 g/mol. The summed E-state index contributed by atoms with van der Waals surface area (Å²) < 4.78 is 26.5. The highest BCUT2D eigenvalue weighted by atomic mass is 19.3. The zero-order valence-corrected chi connectivity index (χ0v) is 15.5. The van der Waals surface area contributed by atoms with Crippen LogP contribution in [0.25, 0.3) is 0 Å². The number of benzene rings is 2. The number of carbonyl (C=O) groups excluding carboxylic acids is 2. The molecular formula is C20H19F2N5O2. The van der Waals surface area contributed by atoms with Gasteiger partial charge in [0.2, 0.25) is 0 Å². The molecule has 7 nitrogen and oxygen atoms in total. The smallest absolute Gasteiger partial charge is 0.323 e. The van der Waals surface area contributed by atoms with Gasteiger partial charge in [-0.25, -0.2) is 9.78 Å². The van der Waals surface area contributed by atoms with Gasteiger partial charge >= 0.3 is 12.6 Å². The first-order valence-corrected chi connectivity index (χ1v) is 8.72. The average Bonchev–Trinajstić information content (AvgIpc) is 3.17. The van der Waals surface area contributed by atoms with Crippen LogP contribution in [-0.2, 0) is 6.54 Å². The van der Waals surface area contributed by atoms with Gasteiger partial charge in [0.15, 0.2) is 0 Å². The third-order valence-electron chi connectivity index (χ3n) is 4.11. The predicted molar refractivity (Wildman–Crippen MR) is 105 cm³/mol. The van der Waals surface area contributed by atoms with Crippen LogP contribution in [0.4, 0.5) is 25.0 Å². The number of alkyl halides is 2. The number of nitrogens with one attached hydrogen (secondary N) is 2. The minimum atomic E-state index is -2.72. The van der Waals surface area contributed by atoms with Gasteiger partial charge in [0, 0.05) is 36.4 Å². The van der Waals surface area contributed by atoms with Crippen molar-refractivity contribution in [1.82, 2.24) is 14.5 Å². The van der Waals surface area contributed by atoms with Crippen molar-refractivity contribution < 1.29 is 18.4 Å². The van der Waals surface area contributed by atoms with E-state index < -0.39 is 12.6 Å². The number of para-hydroxylation sites is 1. The molecule has 2 aromatic carbocycles. The van der Waals surface area contributed by atoms with Crippen LogP contribution >= 0.6 is 0 Å². The maximum Gasteiger partial charge on any atom is 0.323 e. The molecule has 2 N–H and O–H groups in total. The van der Waals surface area contributed by atoms with Gasteiger partial charge in [-0.05, 0) is 36.4 Å². The zero-order chi connectivity index (χ0) is 20.8. The van der Waals surface area contributed by atoms with Gasteiger partial charge < -0.3 is 15.5 Å². The number of urea groups is 1. The fraction of sp³-hybridized carbons (Fsp3) is 0.150. The van der Waals surface area contributed by atoms with Crippen LogP contribution in [0.5, 0.6) is 0 Å². The summed E-state index contributed by atoms with van der Waals surface area (Å²) in [5, 5.41) is 5.36. The summed E-state index contributed by atoms with van der Waals surface area (Å²) in [6, 6.07) is 14.8. The molecule has 29 heavy (non-hydrogen) atoms. The first-order chi connectivity index (χ1) is 13.9. The van der Waals surface area contributed by atoms with E-state index in [2.05, 4.69) is 15.6 Å². The molecule has 1 aromatic heterocycles. The normalized spacial score (nSPS) is 10.6. The van der Waals surface area contributed by atoms with Crippen LogP contribution in [0.2, 0.25) is 0 Å². The predicted octanol–water partition coefficient (Wildman–Crippen LogP) is 4.19. The number of nitrogens with zero attached hydrogens (tertiary/aromatic N) is 3. The molecule has 0 atom stereocenters. The third-order valence-corrected chi connectivity index (χ3v) is 4.11. The second-order valence-electron chi connectivity index (χ2n) is 6.21. The molecule has 3 rings (SSSR count). The summed E-state index contributed by atoms with van der Waals surface area (Å²) in [6.45, 7) is -2.78. The van der Waals surface area contributed by atoms with Crippen LogP contribution in [-0.4, -0.2) is 33.4 Å². The highest BCUT2D eigenvalue weighted by Gasteiger charge is 2.17. The van der Waals surface area contributed by atoms with Gasteiger partial charge in [-0.3, -0.25) is 9.36 Å². The van der Waals surface area contributed by atoms with E-state index in [4.69, 9.17) is 0 Å². The standard InChI is InChI=1S/C20H19F2N5O2/c1-26(13-17-23-11-12-27(17)19(21)22)18(28)14-7-9-16(10-8-14)25-20(29)24-15-5-3-2-4-6-15/h2-12,19H,13H2,1H3,(H2,24,25,29). The van der Waals surface area contributed by atoms with Crippen molar-refractivity contribution in [3.05, 3.63) is 78.4 Å². The van der Waals surface area contributed by atoms with Crippen LogP contribution in [0.3, 0.4) is 0 Å². The van der Waals surface area contributed by atoms with Crippen LogP contribution in [0.15, 0.2) is 67.0 Å². The van der Waals surface area contributed by atoms with Crippen molar-refractivity contribution in [3.8, 4) is 0 Å². The Morgan fingerprint density at radius 1 is 1.03 bits per heavy atom. The van der Waals surface area contributed by atoms with Crippen molar-refractivity contribution in [3.63, 3.8) is 0 Å². The number of rotatable bonds is 6. The molecule has 0 spiro atoms. The number of halogens is 2. The van der Waals surface area contributed by atoms with E-state index in [-0.39, 0.29) is 18.3 Å². The molecule has 0 aliphatic heterocycles. The molecule has 3 aromatic rings. The first-order valence-electron chi connectivity index (χ1n) is 8.72. The summed E-state index contributed by atoms with van der Waals surface area (Å²) in [5.41, 5.74) is 1.52. The van der Waals surface area contributed by atoms with Crippen molar-refractivity contribution in [1.29, 1.82) is 0 Å². The van der Waals surface area contributed by atoms with E-state index in [1.165, 1.54) is 24.3 Å². The second-order valence-corrected chi connectivity index (χ2v) is 6.21. The van der Waals surface area contributed by atoms with Gasteiger partial charge in [0.05, 0.1) is 6.54 Å². The third kappa shape index (κ3) is 5.16. The highest BCUT2D eigenvalue weighted by Crippen LogP contribution is 2.16. The number of amides is 3. The van der Waals surface area contributed by atoms with Crippen molar-refractivity contribution >= 4 is 23.3 Å². The van der Waals surface area contributed by atoms with Crippen LogP contribution in [0, 0.1) is 0 Å². The molecule has 0 saturated heterocycles. The molecule has 0 aliphatic rings. The van der Waals surface area contributed by atoms with Crippen molar-refractivity contribution in [2.75, 3.05) is 17.7 Å². The SMILES string of the molecule is CN(Cc1nccn1C(F)F)C(=O)c1ccc(NC(=O)Nc2ccccc2)cc1. The molecule has 150 valence electrons. The largest absolute Gasteiger partial charge is 0.334 e. The van der Waals surface area contributed by atoms with Gasteiger partial charge in [0.25, 0.3) is 5.91 Å². The Balaban J connectivity index is 1.59. The fourth-order valence-corrected chi connectivity index (χ4v) is 2.66. The topological polar surface area (TPSA) is 79.3 Å². The lowest BCUT2D eigenvalue weighted by atomic mass is 10.2. The lowest BCUT2D eigenvalue weighted by molar-refractivity contribution is 0.0612. The van der Waals surface area contributed by atoms with Gasteiger partial charge in [-0.15, -0.1) is 0 Å². The number of hydrogen-bond acceptors (Lipinski definition) is 3. The molecule has 1 heterocycles. The maximum atomic E-state index is 12.9. The lowest BCUT2D eigenvalue weighted by Gasteiger charge is -2.18. The quantitative estimate of drug-likeness (QED) is 0.652. The minimum absolute atomic E-state index is 0.0599. The van der Waals surface area contributed by atoms with E-state index in [1.807, 2.05) is 6.07 Å². The number of aromatic nitrogens is 2. The second kappa shape index (κ2) is 8.96. The number of anilines is 2. The molecule has 3 amide bonds. The average molecular weight is 399 g/mol. The van der Waals surface area contributed by atoms with Gasteiger partial charge in [-0.1, -0.05) is 18.2 Å². The lowest BCUT2D eigenvalue weighted by Crippen LogP contribution is -2.28. The summed E-state index contributed by atoms with van der Waals surface area (Å²) in [6.07, 6.45) is 2.43. The molecule has 9 heteroatoms. The number of hydrogen-bond donors (Lipinski definition) is 2. The van der Waals surface area contributed by atoms with E-state index in [9.17, 15) is 18.4 Å².